The van der Waals surface area contributed by atoms with Crippen molar-refractivity contribution < 1.29 is 4.39 Å². The molecule has 0 fully saturated rings. The van der Waals surface area contributed by atoms with E-state index in [1.807, 2.05) is 13.1 Å². The average Bonchev–Trinajstić information content (AvgIpc) is 2.41. The second-order valence-corrected chi connectivity index (χ2v) is 6.05. The third kappa shape index (κ3) is 3.68. The standard InChI is InChI=1S/C16H21FN4/c1-10-8-11(6-7-12(10)17)19-14-9-13(18-5)20-15(21-14)16(2,3)4/h6-9H,1-5H3,(H2,18,19,20,21). The lowest BCUT2D eigenvalue weighted by molar-refractivity contribution is 0.547. The molecule has 0 aliphatic carbocycles. The molecule has 0 radical (unpaired) electrons. The van der Waals surface area contributed by atoms with E-state index >= 15 is 0 Å². The van der Waals surface area contributed by atoms with Crippen LogP contribution in [-0.2, 0) is 5.41 Å². The minimum atomic E-state index is -0.213. The highest BCUT2D eigenvalue weighted by molar-refractivity contribution is 5.60. The van der Waals surface area contributed by atoms with E-state index in [0.29, 0.717) is 11.4 Å². The van der Waals surface area contributed by atoms with Crippen LogP contribution in [0.2, 0.25) is 0 Å². The van der Waals surface area contributed by atoms with Crippen LogP contribution in [-0.4, -0.2) is 17.0 Å². The molecule has 0 bridgehead atoms. The van der Waals surface area contributed by atoms with Crippen molar-refractivity contribution in [2.75, 3.05) is 17.7 Å². The fourth-order valence-corrected chi connectivity index (χ4v) is 1.85. The van der Waals surface area contributed by atoms with Gasteiger partial charge in [-0.25, -0.2) is 14.4 Å². The number of anilines is 3. The first kappa shape index (κ1) is 15.2. The fraction of sp³-hybridized carbons (Fsp3) is 0.375. The number of hydrogen-bond donors (Lipinski definition) is 2. The van der Waals surface area contributed by atoms with Gasteiger partial charge in [0.25, 0.3) is 0 Å². The van der Waals surface area contributed by atoms with Gasteiger partial charge in [0.2, 0.25) is 0 Å². The van der Waals surface area contributed by atoms with Crippen LogP contribution in [0, 0.1) is 12.7 Å². The summed E-state index contributed by atoms with van der Waals surface area (Å²) in [6.45, 7) is 7.93. The summed E-state index contributed by atoms with van der Waals surface area (Å²) in [5, 5.41) is 6.24. The van der Waals surface area contributed by atoms with Crippen molar-refractivity contribution in [3.05, 3.63) is 41.5 Å². The first-order chi connectivity index (χ1) is 9.79. The molecule has 0 aliphatic heterocycles. The van der Waals surface area contributed by atoms with Crippen molar-refractivity contribution in [1.82, 2.24) is 9.97 Å². The normalized spacial score (nSPS) is 11.3. The maximum absolute atomic E-state index is 13.3. The minimum absolute atomic E-state index is 0.151. The van der Waals surface area contributed by atoms with Gasteiger partial charge < -0.3 is 10.6 Å². The maximum Gasteiger partial charge on any atom is 0.138 e. The highest BCUT2D eigenvalue weighted by Crippen LogP contribution is 2.24. The topological polar surface area (TPSA) is 49.8 Å². The van der Waals surface area contributed by atoms with E-state index < -0.39 is 0 Å². The Labute approximate surface area is 124 Å². The lowest BCUT2D eigenvalue weighted by atomic mass is 9.96. The van der Waals surface area contributed by atoms with Gasteiger partial charge >= 0.3 is 0 Å². The largest absolute Gasteiger partial charge is 0.373 e. The van der Waals surface area contributed by atoms with E-state index in [9.17, 15) is 4.39 Å². The lowest BCUT2D eigenvalue weighted by Gasteiger charge is -2.19. The molecule has 0 spiro atoms. The van der Waals surface area contributed by atoms with Gasteiger partial charge in [-0.15, -0.1) is 0 Å². The minimum Gasteiger partial charge on any atom is -0.373 e. The third-order valence-electron chi connectivity index (χ3n) is 3.08. The van der Waals surface area contributed by atoms with Crippen LogP contribution in [0.3, 0.4) is 0 Å². The van der Waals surface area contributed by atoms with Gasteiger partial charge in [-0.1, -0.05) is 20.8 Å². The van der Waals surface area contributed by atoms with E-state index in [4.69, 9.17) is 0 Å². The van der Waals surface area contributed by atoms with Crippen molar-refractivity contribution >= 4 is 17.3 Å². The number of aromatic nitrogens is 2. The molecule has 0 amide bonds. The van der Waals surface area contributed by atoms with Crippen LogP contribution in [0.5, 0.6) is 0 Å². The Hall–Kier alpha value is -2.17. The van der Waals surface area contributed by atoms with Crippen molar-refractivity contribution in [2.45, 2.75) is 33.1 Å². The second-order valence-electron chi connectivity index (χ2n) is 6.05. The summed E-state index contributed by atoms with van der Waals surface area (Å²) in [7, 11) is 1.82. The van der Waals surface area contributed by atoms with Gasteiger partial charge in [0, 0.05) is 24.2 Å². The molecule has 1 aromatic carbocycles. The predicted molar refractivity (Wildman–Crippen MR) is 84.7 cm³/mol. The zero-order valence-electron chi connectivity index (χ0n) is 13.1. The molecule has 1 aromatic heterocycles. The maximum atomic E-state index is 13.3. The van der Waals surface area contributed by atoms with E-state index in [2.05, 4.69) is 41.4 Å². The molecule has 5 heteroatoms. The molecule has 2 N–H and O–H groups in total. The smallest absolute Gasteiger partial charge is 0.138 e. The second kappa shape index (κ2) is 5.68. The van der Waals surface area contributed by atoms with Gasteiger partial charge in [0.05, 0.1) is 0 Å². The summed E-state index contributed by atoms with van der Waals surface area (Å²) in [6, 6.07) is 6.73. The molecule has 4 nitrogen and oxygen atoms in total. The van der Waals surface area contributed by atoms with Crippen molar-refractivity contribution in [1.29, 1.82) is 0 Å². The molecule has 21 heavy (non-hydrogen) atoms. The fourth-order valence-electron chi connectivity index (χ4n) is 1.85. The number of rotatable bonds is 3. The van der Waals surface area contributed by atoms with Crippen LogP contribution in [0.15, 0.2) is 24.3 Å². The summed E-state index contributed by atoms with van der Waals surface area (Å²) < 4.78 is 13.3. The summed E-state index contributed by atoms with van der Waals surface area (Å²) >= 11 is 0. The van der Waals surface area contributed by atoms with Gasteiger partial charge in [-0.05, 0) is 30.7 Å². The lowest BCUT2D eigenvalue weighted by Crippen LogP contribution is -2.17. The zero-order valence-corrected chi connectivity index (χ0v) is 13.1. The quantitative estimate of drug-likeness (QED) is 0.896. The summed E-state index contributed by atoms with van der Waals surface area (Å²) in [6.07, 6.45) is 0. The Kier molecular flexibility index (Phi) is 4.11. The molecule has 112 valence electrons. The number of nitrogens with one attached hydrogen (secondary N) is 2. The van der Waals surface area contributed by atoms with Gasteiger partial charge in [-0.2, -0.15) is 0 Å². The molecular weight excluding hydrogens is 267 g/mol. The molecule has 2 rings (SSSR count). The number of aryl methyl sites for hydroxylation is 1. The Morgan fingerprint density at radius 2 is 1.71 bits per heavy atom. The number of hydrogen-bond acceptors (Lipinski definition) is 4. The molecule has 0 atom stereocenters. The van der Waals surface area contributed by atoms with E-state index in [1.165, 1.54) is 6.07 Å². The van der Waals surface area contributed by atoms with Crippen LogP contribution < -0.4 is 10.6 Å². The van der Waals surface area contributed by atoms with E-state index in [0.717, 1.165) is 17.3 Å². The van der Waals surface area contributed by atoms with E-state index in [1.54, 1.807) is 19.1 Å². The molecule has 0 unspecified atom stereocenters. The summed E-state index contributed by atoms with van der Waals surface area (Å²) in [5.41, 5.74) is 1.25. The number of benzene rings is 1. The van der Waals surface area contributed by atoms with Crippen LogP contribution >= 0.6 is 0 Å². The Balaban J connectivity index is 2.36. The van der Waals surface area contributed by atoms with Crippen molar-refractivity contribution in [3.8, 4) is 0 Å². The number of nitrogens with zero attached hydrogens (tertiary/aromatic N) is 2. The van der Waals surface area contributed by atoms with E-state index in [-0.39, 0.29) is 11.2 Å². The average molecular weight is 288 g/mol. The molecule has 0 saturated heterocycles. The number of halogens is 1. The zero-order chi connectivity index (χ0) is 15.6. The van der Waals surface area contributed by atoms with Crippen LogP contribution in [0.25, 0.3) is 0 Å². The van der Waals surface area contributed by atoms with Gasteiger partial charge in [0.1, 0.15) is 23.3 Å². The van der Waals surface area contributed by atoms with Crippen LogP contribution in [0.1, 0.15) is 32.2 Å². The predicted octanol–water partition coefficient (Wildman–Crippen LogP) is 4.01. The molecular formula is C16H21FN4. The van der Waals surface area contributed by atoms with Crippen molar-refractivity contribution in [3.63, 3.8) is 0 Å². The highest BCUT2D eigenvalue weighted by atomic mass is 19.1. The van der Waals surface area contributed by atoms with Gasteiger partial charge in [0.15, 0.2) is 0 Å². The Morgan fingerprint density at radius 1 is 1.05 bits per heavy atom. The first-order valence-corrected chi connectivity index (χ1v) is 6.90. The molecule has 1 heterocycles. The molecule has 2 aromatic rings. The first-order valence-electron chi connectivity index (χ1n) is 6.90. The third-order valence-corrected chi connectivity index (χ3v) is 3.08. The molecule has 0 saturated carbocycles. The SMILES string of the molecule is CNc1cc(Nc2ccc(F)c(C)c2)nc(C(C)(C)C)n1. The van der Waals surface area contributed by atoms with Crippen molar-refractivity contribution in [2.24, 2.45) is 0 Å². The Bertz CT molecular complexity index is 647. The molecule has 0 aliphatic rings. The Morgan fingerprint density at radius 3 is 2.29 bits per heavy atom. The van der Waals surface area contributed by atoms with Gasteiger partial charge in [-0.3, -0.25) is 0 Å². The van der Waals surface area contributed by atoms with Crippen LogP contribution in [0.4, 0.5) is 21.7 Å². The summed E-state index contributed by atoms with van der Waals surface area (Å²) in [5.74, 6) is 1.96. The summed E-state index contributed by atoms with van der Waals surface area (Å²) in [4.78, 5) is 9.02. The highest BCUT2D eigenvalue weighted by Gasteiger charge is 2.19. The monoisotopic (exact) mass is 288 g/mol.